The Hall–Kier alpha value is -2.97. The van der Waals surface area contributed by atoms with Gasteiger partial charge in [0.05, 0.1) is 16.8 Å². The van der Waals surface area contributed by atoms with Gasteiger partial charge in [0.15, 0.2) is 6.10 Å². The van der Waals surface area contributed by atoms with Crippen molar-refractivity contribution in [3.05, 3.63) is 63.5 Å². The second kappa shape index (κ2) is 7.34. The molecule has 1 aromatic carbocycles. The van der Waals surface area contributed by atoms with Gasteiger partial charge in [-0.05, 0) is 60.9 Å². The summed E-state index contributed by atoms with van der Waals surface area (Å²) in [5, 5.41) is 11.9. The molecule has 0 saturated heterocycles. The maximum Gasteiger partial charge on any atom is 0.340 e. The average Bonchev–Trinajstić information content (AvgIpc) is 3.19. The summed E-state index contributed by atoms with van der Waals surface area (Å²) in [7, 11) is 0. The summed E-state index contributed by atoms with van der Waals surface area (Å²) in [4.78, 5) is 19.0. The van der Waals surface area contributed by atoms with Crippen molar-refractivity contribution < 1.29 is 9.53 Å². The molecule has 4 rings (SSSR count). The zero-order valence-electron chi connectivity index (χ0n) is 14.9. The summed E-state index contributed by atoms with van der Waals surface area (Å²) in [6.07, 6.45) is 4.04. The Morgan fingerprint density at radius 1 is 1.30 bits per heavy atom. The third kappa shape index (κ3) is 3.36. The van der Waals surface area contributed by atoms with Crippen LogP contribution in [0.15, 0.2) is 41.8 Å². The van der Waals surface area contributed by atoms with Gasteiger partial charge in [-0.25, -0.2) is 9.78 Å². The number of nitriles is 1. The Kier molecular flexibility index (Phi) is 4.74. The monoisotopic (exact) mass is 374 g/mol. The Morgan fingerprint density at radius 2 is 2.15 bits per heavy atom. The molecule has 5 heteroatoms. The van der Waals surface area contributed by atoms with Gasteiger partial charge in [-0.3, -0.25) is 0 Å². The molecule has 0 saturated carbocycles. The van der Waals surface area contributed by atoms with E-state index in [1.54, 1.807) is 18.3 Å². The number of esters is 1. The quantitative estimate of drug-likeness (QED) is 0.588. The molecular formula is C22H18N2O2S. The van der Waals surface area contributed by atoms with Gasteiger partial charge in [-0.15, -0.1) is 11.3 Å². The van der Waals surface area contributed by atoms with E-state index in [1.165, 1.54) is 4.88 Å². The molecule has 1 atom stereocenters. The number of aromatic nitrogens is 1. The van der Waals surface area contributed by atoms with Gasteiger partial charge in [0.2, 0.25) is 0 Å². The maximum atomic E-state index is 12.9. The zero-order chi connectivity index (χ0) is 18.8. The first-order chi connectivity index (χ1) is 13.2. The Bertz CT molecular complexity index is 1080. The molecule has 0 amide bonds. The number of benzene rings is 1. The lowest BCUT2D eigenvalue weighted by Crippen LogP contribution is -2.18. The van der Waals surface area contributed by atoms with E-state index in [1.807, 2.05) is 36.4 Å². The van der Waals surface area contributed by atoms with Crippen LogP contribution in [0.5, 0.6) is 0 Å². The highest BCUT2D eigenvalue weighted by Crippen LogP contribution is 2.36. The van der Waals surface area contributed by atoms with Crippen LogP contribution >= 0.6 is 11.3 Å². The van der Waals surface area contributed by atoms with Gasteiger partial charge >= 0.3 is 5.97 Å². The summed E-state index contributed by atoms with van der Waals surface area (Å²) < 4.78 is 5.36. The van der Waals surface area contributed by atoms with Gasteiger partial charge in [-0.2, -0.15) is 5.26 Å². The van der Waals surface area contributed by atoms with Gasteiger partial charge in [0.25, 0.3) is 0 Å². The normalized spacial score (nSPS) is 15.9. The Labute approximate surface area is 161 Å². The lowest BCUT2D eigenvalue weighted by molar-refractivity contribution is 0.0436. The van der Waals surface area contributed by atoms with Crippen LogP contribution in [0.2, 0.25) is 0 Å². The van der Waals surface area contributed by atoms with Gasteiger partial charge < -0.3 is 4.74 Å². The van der Waals surface area contributed by atoms with Crippen molar-refractivity contribution in [1.82, 2.24) is 4.98 Å². The molecule has 4 nitrogen and oxygen atoms in total. The van der Waals surface area contributed by atoms with Crippen molar-refractivity contribution in [1.29, 1.82) is 5.26 Å². The molecular weight excluding hydrogens is 356 g/mol. The molecule has 0 radical (unpaired) electrons. The van der Waals surface area contributed by atoms with E-state index in [2.05, 4.69) is 17.5 Å². The van der Waals surface area contributed by atoms with E-state index in [-0.39, 0.29) is 0 Å². The van der Waals surface area contributed by atoms with E-state index in [4.69, 9.17) is 15.0 Å². The van der Waals surface area contributed by atoms with Crippen LogP contribution in [0.3, 0.4) is 0 Å². The van der Waals surface area contributed by atoms with Gasteiger partial charge in [0, 0.05) is 10.3 Å². The Balaban J connectivity index is 1.92. The fraction of sp³-hybridized carbons (Fsp3) is 0.227. The number of allylic oxidation sites excluding steroid dienone is 1. The molecule has 0 unspecified atom stereocenters. The predicted molar refractivity (Wildman–Crippen MR) is 107 cm³/mol. The lowest BCUT2D eigenvalue weighted by Gasteiger charge is -2.22. The topological polar surface area (TPSA) is 63.0 Å². The minimum absolute atomic E-state index is 0.448. The standard InChI is InChI=1S/C22H18N2O2S/c1-14(13-23)26-22(25)20-17-8-2-3-10-19(17)24-21-15(6-4-9-18(20)21)12-16-7-5-11-27-16/h2-3,5,7-8,10-12,14H,4,6,9H2,1H3/b15-12-/t14-/m1/s1. The molecule has 0 fully saturated rings. The number of carbonyl (C=O) groups excluding carboxylic acids is 1. The number of hydrogen-bond donors (Lipinski definition) is 0. The largest absolute Gasteiger partial charge is 0.444 e. The number of nitrogens with zero attached hydrogens (tertiary/aromatic N) is 2. The van der Waals surface area contributed by atoms with E-state index in [0.717, 1.165) is 47.0 Å². The van der Waals surface area contributed by atoms with Crippen LogP contribution in [0.4, 0.5) is 0 Å². The van der Waals surface area contributed by atoms with Gasteiger partial charge in [-0.1, -0.05) is 24.3 Å². The van der Waals surface area contributed by atoms with Crippen LogP contribution in [0.1, 0.15) is 46.3 Å². The Morgan fingerprint density at radius 3 is 2.93 bits per heavy atom. The predicted octanol–water partition coefficient (Wildman–Crippen LogP) is 5.24. The molecule has 0 spiro atoms. The minimum Gasteiger partial charge on any atom is -0.444 e. The van der Waals surface area contributed by atoms with Crippen LogP contribution in [-0.4, -0.2) is 17.1 Å². The van der Waals surface area contributed by atoms with Crippen LogP contribution in [0.25, 0.3) is 22.6 Å². The highest BCUT2D eigenvalue weighted by atomic mass is 32.1. The number of para-hydroxylation sites is 1. The molecule has 2 heterocycles. The van der Waals surface area contributed by atoms with E-state index >= 15 is 0 Å². The van der Waals surface area contributed by atoms with E-state index in [0.29, 0.717) is 5.56 Å². The fourth-order valence-electron chi connectivity index (χ4n) is 3.50. The zero-order valence-corrected chi connectivity index (χ0v) is 15.8. The van der Waals surface area contributed by atoms with Crippen LogP contribution < -0.4 is 0 Å². The number of ether oxygens (including phenoxy) is 1. The molecule has 134 valence electrons. The molecule has 27 heavy (non-hydrogen) atoms. The van der Waals surface area contributed by atoms with Crippen LogP contribution in [0, 0.1) is 11.3 Å². The average molecular weight is 374 g/mol. The molecule has 0 bridgehead atoms. The maximum absolute atomic E-state index is 12.9. The number of pyridine rings is 1. The molecule has 1 aliphatic rings. The summed E-state index contributed by atoms with van der Waals surface area (Å²) >= 11 is 1.68. The highest BCUT2D eigenvalue weighted by molar-refractivity contribution is 7.10. The lowest BCUT2D eigenvalue weighted by atomic mass is 9.86. The number of rotatable bonds is 3. The van der Waals surface area contributed by atoms with Crippen molar-refractivity contribution in [2.75, 3.05) is 0 Å². The summed E-state index contributed by atoms with van der Waals surface area (Å²) in [5.74, 6) is -0.448. The molecule has 0 aliphatic heterocycles. The number of thiophene rings is 1. The second-order valence-electron chi connectivity index (χ2n) is 6.55. The van der Waals surface area contributed by atoms with Crippen molar-refractivity contribution in [3.63, 3.8) is 0 Å². The van der Waals surface area contributed by atoms with Crippen molar-refractivity contribution in [3.8, 4) is 6.07 Å². The fourth-order valence-corrected chi connectivity index (χ4v) is 4.18. The summed E-state index contributed by atoms with van der Waals surface area (Å²) in [5.41, 5.74) is 4.27. The third-order valence-corrected chi connectivity index (χ3v) is 5.52. The number of hydrogen-bond acceptors (Lipinski definition) is 5. The summed E-state index contributed by atoms with van der Waals surface area (Å²) in [6, 6.07) is 13.7. The first-order valence-corrected chi connectivity index (χ1v) is 9.82. The van der Waals surface area contributed by atoms with Gasteiger partial charge in [0.1, 0.15) is 6.07 Å². The third-order valence-electron chi connectivity index (χ3n) is 4.70. The van der Waals surface area contributed by atoms with Crippen LogP contribution in [-0.2, 0) is 11.2 Å². The number of fused-ring (bicyclic) bond motifs is 2. The van der Waals surface area contributed by atoms with E-state index in [9.17, 15) is 4.79 Å². The minimum atomic E-state index is -0.787. The van der Waals surface area contributed by atoms with Crippen molar-refractivity contribution in [2.45, 2.75) is 32.3 Å². The molecule has 0 N–H and O–H groups in total. The molecule has 1 aliphatic carbocycles. The smallest absolute Gasteiger partial charge is 0.340 e. The van der Waals surface area contributed by atoms with Crippen molar-refractivity contribution >= 4 is 39.9 Å². The molecule has 3 aromatic rings. The SMILES string of the molecule is C[C@H](C#N)OC(=O)c1c2c(nc3ccccc13)/C(=C\c1cccs1)CCC2. The number of carbonyl (C=O) groups is 1. The second-order valence-corrected chi connectivity index (χ2v) is 7.53. The summed E-state index contributed by atoms with van der Waals surface area (Å²) in [6.45, 7) is 1.58. The first-order valence-electron chi connectivity index (χ1n) is 8.94. The first kappa shape index (κ1) is 17.4. The molecule has 2 aromatic heterocycles. The van der Waals surface area contributed by atoms with E-state index < -0.39 is 12.1 Å². The highest BCUT2D eigenvalue weighted by Gasteiger charge is 2.26. The van der Waals surface area contributed by atoms with Crippen molar-refractivity contribution in [2.24, 2.45) is 0 Å².